The molecule has 1 fully saturated rings. The Labute approximate surface area is 172 Å². The number of nitrogens with one attached hydrogen (secondary N) is 2. The zero-order valence-electron chi connectivity index (χ0n) is 17.6. The van der Waals surface area contributed by atoms with E-state index in [1.54, 1.807) is 25.6 Å². The van der Waals surface area contributed by atoms with Gasteiger partial charge in [-0.05, 0) is 53.0 Å². The molecule has 0 aromatic carbocycles. The normalized spacial score (nSPS) is 17.2. The molecule has 1 unspecified atom stereocenters. The van der Waals surface area contributed by atoms with Crippen molar-refractivity contribution in [1.82, 2.24) is 15.5 Å². The number of carbonyl (C=O) groups is 4. The smallest absolute Gasteiger partial charge is 0.315 e. The van der Waals surface area contributed by atoms with Gasteiger partial charge in [0, 0.05) is 19.5 Å². The molecule has 0 radical (unpaired) electrons. The molecule has 8 heteroatoms. The lowest BCUT2D eigenvalue weighted by atomic mass is 10.0. The quantitative estimate of drug-likeness (QED) is 0.355. The topological polar surface area (TPSA) is 95.6 Å². The Morgan fingerprint density at radius 2 is 1.82 bits per heavy atom. The van der Waals surface area contributed by atoms with E-state index in [-0.39, 0.29) is 35.1 Å². The van der Waals surface area contributed by atoms with E-state index in [1.807, 2.05) is 7.05 Å². The number of likely N-dealkylation sites (N-methyl/N-ethyl adjacent to an activating group) is 1. The number of hydrogen-bond acceptors (Lipinski definition) is 6. The average Bonchev–Trinajstić information content (AvgIpc) is 2.90. The Morgan fingerprint density at radius 1 is 1.14 bits per heavy atom. The van der Waals surface area contributed by atoms with Crippen LogP contribution in [0.2, 0.25) is 0 Å². The Balaban J connectivity index is 1.98. The van der Waals surface area contributed by atoms with Crippen LogP contribution in [0.3, 0.4) is 0 Å². The van der Waals surface area contributed by atoms with Crippen molar-refractivity contribution in [2.24, 2.45) is 0 Å². The Morgan fingerprint density at radius 3 is 2.43 bits per heavy atom. The number of hydrogen-bond donors (Lipinski definition) is 2. The minimum absolute atomic E-state index is 0.0819. The molecule has 1 atom stereocenters. The molecular formula is C20H35N3O4S. The first-order valence-corrected chi connectivity index (χ1v) is 11.1. The van der Waals surface area contributed by atoms with Crippen molar-refractivity contribution in [3.05, 3.63) is 0 Å². The van der Waals surface area contributed by atoms with Crippen molar-refractivity contribution >= 4 is 35.1 Å². The van der Waals surface area contributed by atoms with Crippen LogP contribution >= 0.6 is 11.8 Å². The fourth-order valence-electron chi connectivity index (χ4n) is 2.80. The number of unbranched alkanes of at least 4 members (excludes halogenated alkanes) is 3. The van der Waals surface area contributed by atoms with Crippen molar-refractivity contribution in [3.8, 4) is 0 Å². The third-order valence-electron chi connectivity index (χ3n) is 4.98. The first kappa shape index (κ1) is 24.6. The third kappa shape index (κ3) is 9.68. The summed E-state index contributed by atoms with van der Waals surface area (Å²) >= 11 is 1.63. The van der Waals surface area contributed by atoms with E-state index in [2.05, 4.69) is 15.5 Å². The Kier molecular flexibility index (Phi) is 10.7. The number of ketones is 3. The summed E-state index contributed by atoms with van der Waals surface area (Å²) in [4.78, 5) is 48.2. The number of thioether (sulfide) groups is 1. The molecule has 0 spiro atoms. The molecule has 0 aromatic rings. The zero-order chi connectivity index (χ0) is 21.2. The molecule has 1 saturated carbocycles. The number of rotatable bonds is 13. The maximum absolute atomic E-state index is 11.8. The molecule has 2 N–H and O–H groups in total. The van der Waals surface area contributed by atoms with Gasteiger partial charge in [0.1, 0.15) is 5.78 Å². The van der Waals surface area contributed by atoms with E-state index < -0.39 is 5.54 Å². The van der Waals surface area contributed by atoms with Gasteiger partial charge in [-0.2, -0.15) is 11.8 Å². The summed E-state index contributed by atoms with van der Waals surface area (Å²) in [5.74, 6) is 1.04. The molecule has 1 aliphatic carbocycles. The monoisotopic (exact) mass is 413 g/mol. The highest BCUT2D eigenvalue weighted by Gasteiger charge is 2.30. The van der Waals surface area contributed by atoms with Crippen molar-refractivity contribution in [3.63, 3.8) is 0 Å². The molecule has 28 heavy (non-hydrogen) atoms. The molecule has 0 saturated heterocycles. The molecule has 160 valence electrons. The predicted molar refractivity (Wildman–Crippen MR) is 113 cm³/mol. The summed E-state index contributed by atoms with van der Waals surface area (Å²) in [6, 6.07) is -0.325. The summed E-state index contributed by atoms with van der Waals surface area (Å²) < 4.78 is 0. The predicted octanol–water partition coefficient (Wildman–Crippen LogP) is 2.18. The van der Waals surface area contributed by atoms with Gasteiger partial charge in [0.25, 0.3) is 0 Å². The van der Waals surface area contributed by atoms with Crippen molar-refractivity contribution in [1.29, 1.82) is 0 Å². The summed E-state index contributed by atoms with van der Waals surface area (Å²) in [6.45, 7) is 7.07. The number of urea groups is 1. The third-order valence-corrected chi connectivity index (χ3v) is 6.34. The van der Waals surface area contributed by atoms with Gasteiger partial charge < -0.3 is 15.5 Å². The second kappa shape index (κ2) is 12.2. The van der Waals surface area contributed by atoms with Gasteiger partial charge in [0.05, 0.1) is 17.2 Å². The van der Waals surface area contributed by atoms with Gasteiger partial charge in [-0.25, -0.2) is 4.79 Å². The average molecular weight is 414 g/mol. The highest BCUT2D eigenvalue weighted by molar-refractivity contribution is 8.00. The van der Waals surface area contributed by atoms with Crippen LogP contribution in [0.5, 0.6) is 0 Å². The molecule has 1 rings (SSSR count). The van der Waals surface area contributed by atoms with Crippen LogP contribution in [0.1, 0.15) is 59.3 Å². The first-order chi connectivity index (χ1) is 13.1. The van der Waals surface area contributed by atoms with Crippen LogP contribution in [0.4, 0.5) is 4.79 Å². The molecule has 0 aromatic heterocycles. The molecular weight excluding hydrogens is 378 g/mol. The van der Waals surface area contributed by atoms with Crippen molar-refractivity contribution < 1.29 is 19.2 Å². The number of Topliss-reactive ketones (excluding diaryl/α,β-unsaturated/α-hetero) is 3. The van der Waals surface area contributed by atoms with Gasteiger partial charge in [0.15, 0.2) is 11.6 Å². The van der Waals surface area contributed by atoms with Crippen LogP contribution < -0.4 is 10.6 Å². The zero-order valence-corrected chi connectivity index (χ0v) is 18.5. The summed E-state index contributed by atoms with van der Waals surface area (Å²) in [5.41, 5.74) is -0.852. The van der Waals surface area contributed by atoms with Crippen LogP contribution in [0.25, 0.3) is 0 Å². The van der Waals surface area contributed by atoms with E-state index >= 15 is 0 Å². The molecule has 0 heterocycles. The highest BCUT2D eigenvalue weighted by atomic mass is 32.2. The first-order valence-electron chi connectivity index (χ1n) is 10.0. The van der Waals surface area contributed by atoms with E-state index in [1.165, 1.54) is 6.92 Å². The van der Waals surface area contributed by atoms with E-state index in [0.29, 0.717) is 13.0 Å². The lowest BCUT2D eigenvalue weighted by Gasteiger charge is -2.23. The lowest BCUT2D eigenvalue weighted by Crippen LogP contribution is -2.53. The Hall–Kier alpha value is -1.41. The van der Waals surface area contributed by atoms with Crippen LogP contribution in [0, 0.1) is 0 Å². The standard InChI is InChI=1S/C20H35N3O4S/c1-15(24)20(2,3)22-19(27)21-9-11-23(4)10-7-5-6-8-12-28-18-14-16(25)13-17(18)26/h18H,5-14H2,1-4H3,(H2,21,22,27). The van der Waals surface area contributed by atoms with Crippen LogP contribution in [-0.2, 0) is 14.4 Å². The van der Waals surface area contributed by atoms with Gasteiger partial charge in [-0.3, -0.25) is 14.4 Å². The molecule has 0 bridgehead atoms. The summed E-state index contributed by atoms with van der Waals surface area (Å²) in [7, 11) is 2.03. The molecule has 7 nitrogen and oxygen atoms in total. The van der Waals surface area contributed by atoms with Gasteiger partial charge in [-0.1, -0.05) is 12.8 Å². The lowest BCUT2D eigenvalue weighted by molar-refractivity contribution is -0.122. The minimum atomic E-state index is -0.852. The fraction of sp³-hybridized carbons (Fsp3) is 0.800. The largest absolute Gasteiger partial charge is 0.337 e. The van der Waals surface area contributed by atoms with Gasteiger partial charge in [-0.15, -0.1) is 0 Å². The summed E-state index contributed by atoms with van der Waals surface area (Å²) in [6.07, 6.45) is 4.97. The SMILES string of the molecule is CC(=O)C(C)(C)NC(=O)NCCN(C)CCCCCCSC1CC(=O)CC1=O. The second-order valence-corrected chi connectivity index (χ2v) is 9.34. The number of nitrogens with zero attached hydrogens (tertiary/aromatic N) is 1. The highest BCUT2D eigenvalue weighted by Crippen LogP contribution is 2.25. The molecule has 1 aliphatic rings. The number of carbonyl (C=O) groups excluding carboxylic acids is 4. The van der Waals surface area contributed by atoms with Gasteiger partial charge in [0.2, 0.25) is 0 Å². The van der Waals surface area contributed by atoms with Crippen LogP contribution in [-0.4, -0.2) is 71.5 Å². The van der Waals surface area contributed by atoms with Crippen molar-refractivity contribution in [2.45, 2.75) is 70.1 Å². The van der Waals surface area contributed by atoms with Crippen LogP contribution in [0.15, 0.2) is 0 Å². The minimum Gasteiger partial charge on any atom is -0.337 e. The summed E-state index contributed by atoms with van der Waals surface area (Å²) in [5, 5.41) is 5.35. The van der Waals surface area contributed by atoms with E-state index in [9.17, 15) is 19.2 Å². The van der Waals surface area contributed by atoms with E-state index in [0.717, 1.165) is 44.5 Å². The maximum Gasteiger partial charge on any atom is 0.315 e. The van der Waals surface area contributed by atoms with E-state index in [4.69, 9.17) is 0 Å². The number of amides is 2. The fourth-order valence-corrected chi connectivity index (χ4v) is 4.03. The molecule has 0 aliphatic heterocycles. The Bertz CT molecular complexity index is 566. The molecule has 2 amide bonds. The van der Waals surface area contributed by atoms with Crippen molar-refractivity contribution in [2.75, 3.05) is 32.4 Å². The van der Waals surface area contributed by atoms with Gasteiger partial charge >= 0.3 is 6.03 Å². The second-order valence-electron chi connectivity index (χ2n) is 8.02. The maximum atomic E-state index is 11.8.